The molecule has 2 aromatic carbocycles. The van der Waals surface area contributed by atoms with Crippen LogP contribution in [0.5, 0.6) is 0 Å². The molecule has 3 nitrogen and oxygen atoms in total. The minimum Gasteiger partial charge on any atom is -0.452 e. The Kier molecular flexibility index (Phi) is 5.80. The van der Waals surface area contributed by atoms with Gasteiger partial charge in [-0.05, 0) is 50.2 Å². The number of aryl methyl sites for hydroxylation is 1. The van der Waals surface area contributed by atoms with Gasteiger partial charge in [0, 0.05) is 0 Å². The topological polar surface area (TPSA) is 29.5 Å². The van der Waals surface area contributed by atoms with Crippen molar-refractivity contribution >= 4 is 18.4 Å². The predicted molar refractivity (Wildman–Crippen MR) is 94.1 cm³/mol. The van der Waals surface area contributed by atoms with Crippen molar-refractivity contribution in [3.63, 3.8) is 0 Å². The molecular formula is C19H22ClNO2. The molecule has 0 N–H and O–H groups in total. The highest BCUT2D eigenvalue weighted by atomic mass is 35.5. The van der Waals surface area contributed by atoms with Gasteiger partial charge in [0.25, 0.3) is 0 Å². The second-order valence-electron chi connectivity index (χ2n) is 5.96. The van der Waals surface area contributed by atoms with Crippen LogP contribution >= 0.6 is 12.4 Å². The lowest BCUT2D eigenvalue weighted by Gasteiger charge is -2.37. The van der Waals surface area contributed by atoms with Gasteiger partial charge in [-0.15, -0.1) is 12.4 Å². The molecule has 0 bridgehead atoms. The maximum absolute atomic E-state index is 12.5. The number of rotatable bonds is 3. The van der Waals surface area contributed by atoms with Gasteiger partial charge in [0.2, 0.25) is 0 Å². The van der Waals surface area contributed by atoms with Crippen molar-refractivity contribution < 1.29 is 9.53 Å². The van der Waals surface area contributed by atoms with Gasteiger partial charge in [0.05, 0.1) is 11.6 Å². The molecule has 0 fully saturated rings. The lowest BCUT2D eigenvalue weighted by Crippen LogP contribution is -2.39. The van der Waals surface area contributed by atoms with Crippen molar-refractivity contribution in [3.05, 3.63) is 71.3 Å². The molecular weight excluding hydrogens is 310 g/mol. The Morgan fingerprint density at radius 2 is 1.70 bits per heavy atom. The van der Waals surface area contributed by atoms with Crippen LogP contribution in [0.4, 0.5) is 0 Å². The average Bonchev–Trinajstić information content (AvgIpc) is 2.55. The second kappa shape index (κ2) is 7.62. The number of esters is 1. The lowest BCUT2D eigenvalue weighted by molar-refractivity contribution is 0.000620. The largest absolute Gasteiger partial charge is 0.452 e. The number of benzene rings is 2. The van der Waals surface area contributed by atoms with E-state index < -0.39 is 0 Å². The van der Waals surface area contributed by atoms with Crippen molar-refractivity contribution in [2.75, 3.05) is 14.1 Å². The Hall–Kier alpha value is -1.84. The third-order valence-corrected chi connectivity index (χ3v) is 4.33. The van der Waals surface area contributed by atoms with E-state index in [0.717, 1.165) is 18.4 Å². The molecule has 122 valence electrons. The van der Waals surface area contributed by atoms with Gasteiger partial charge in [0.15, 0.2) is 0 Å². The van der Waals surface area contributed by atoms with E-state index in [4.69, 9.17) is 4.74 Å². The van der Waals surface area contributed by atoms with Crippen LogP contribution in [-0.4, -0.2) is 31.0 Å². The average molecular weight is 332 g/mol. The Labute approximate surface area is 143 Å². The van der Waals surface area contributed by atoms with Crippen LogP contribution in [0.3, 0.4) is 0 Å². The summed E-state index contributed by atoms with van der Waals surface area (Å²) in [6, 6.07) is 17.7. The van der Waals surface area contributed by atoms with Crippen molar-refractivity contribution in [1.82, 2.24) is 4.90 Å². The Balaban J connectivity index is 0.00000192. The number of hydrogen-bond donors (Lipinski definition) is 0. The van der Waals surface area contributed by atoms with E-state index in [1.165, 1.54) is 5.56 Å². The van der Waals surface area contributed by atoms with Gasteiger partial charge >= 0.3 is 5.97 Å². The Bertz CT molecular complexity index is 657. The standard InChI is InChI=1S/C19H21NO2.ClH/c1-20(2)17-13-12-14-8-6-7-11-16(14)18(17)22-19(21)15-9-4-3-5-10-15;/h3-11,17-18H,12-13H2,1-2H3;1H/t17-,18+;/m1./s1. The smallest absolute Gasteiger partial charge is 0.338 e. The van der Waals surface area contributed by atoms with E-state index in [9.17, 15) is 4.79 Å². The Morgan fingerprint density at radius 3 is 2.39 bits per heavy atom. The van der Waals surface area contributed by atoms with Gasteiger partial charge in [-0.1, -0.05) is 42.5 Å². The van der Waals surface area contributed by atoms with Crippen LogP contribution in [0.2, 0.25) is 0 Å². The quantitative estimate of drug-likeness (QED) is 0.799. The minimum atomic E-state index is -0.255. The molecule has 0 saturated carbocycles. The predicted octanol–water partition coefficient (Wildman–Crippen LogP) is 3.88. The normalized spacial score (nSPS) is 19.6. The first-order chi connectivity index (χ1) is 10.7. The summed E-state index contributed by atoms with van der Waals surface area (Å²) in [6.45, 7) is 0. The van der Waals surface area contributed by atoms with Crippen molar-refractivity contribution in [2.45, 2.75) is 25.0 Å². The molecule has 2 atom stereocenters. The van der Waals surface area contributed by atoms with Crippen molar-refractivity contribution in [1.29, 1.82) is 0 Å². The number of likely N-dealkylation sites (N-methyl/N-ethyl adjacent to an activating group) is 1. The first-order valence-corrected chi connectivity index (χ1v) is 7.67. The first-order valence-electron chi connectivity index (χ1n) is 7.67. The second-order valence-corrected chi connectivity index (χ2v) is 5.96. The van der Waals surface area contributed by atoms with Crippen LogP contribution in [0.25, 0.3) is 0 Å². The molecule has 0 saturated heterocycles. The molecule has 0 spiro atoms. The molecule has 0 unspecified atom stereocenters. The monoisotopic (exact) mass is 331 g/mol. The summed E-state index contributed by atoms with van der Waals surface area (Å²) in [6.07, 6.45) is 1.81. The van der Waals surface area contributed by atoms with Gasteiger partial charge < -0.3 is 9.64 Å². The number of hydrogen-bond acceptors (Lipinski definition) is 3. The van der Waals surface area contributed by atoms with Gasteiger partial charge in [0.1, 0.15) is 6.10 Å². The number of ether oxygens (including phenoxy) is 1. The van der Waals surface area contributed by atoms with Gasteiger partial charge in [-0.2, -0.15) is 0 Å². The van der Waals surface area contributed by atoms with E-state index in [0.29, 0.717) is 5.56 Å². The zero-order valence-corrected chi connectivity index (χ0v) is 14.3. The van der Waals surface area contributed by atoms with E-state index in [2.05, 4.69) is 17.0 Å². The molecule has 1 aliphatic rings. The van der Waals surface area contributed by atoms with E-state index in [1.54, 1.807) is 12.1 Å². The number of nitrogens with zero attached hydrogens (tertiary/aromatic N) is 1. The third kappa shape index (κ3) is 3.74. The highest BCUT2D eigenvalue weighted by molar-refractivity contribution is 5.89. The summed E-state index contributed by atoms with van der Waals surface area (Å²) in [7, 11) is 4.09. The zero-order chi connectivity index (χ0) is 15.5. The number of halogens is 1. The lowest BCUT2D eigenvalue weighted by atomic mass is 9.85. The highest BCUT2D eigenvalue weighted by Gasteiger charge is 2.33. The van der Waals surface area contributed by atoms with Gasteiger partial charge in [-0.25, -0.2) is 4.79 Å². The summed E-state index contributed by atoms with van der Waals surface area (Å²) >= 11 is 0. The molecule has 0 amide bonds. The molecule has 2 aromatic rings. The Morgan fingerprint density at radius 1 is 1.04 bits per heavy atom. The number of carbonyl (C=O) groups is 1. The third-order valence-electron chi connectivity index (χ3n) is 4.33. The van der Waals surface area contributed by atoms with E-state index >= 15 is 0 Å². The molecule has 4 heteroatoms. The van der Waals surface area contributed by atoms with Crippen LogP contribution in [0, 0.1) is 0 Å². The zero-order valence-electron chi connectivity index (χ0n) is 13.4. The molecule has 3 rings (SSSR count). The maximum Gasteiger partial charge on any atom is 0.338 e. The summed E-state index contributed by atoms with van der Waals surface area (Å²) in [5.41, 5.74) is 3.02. The summed E-state index contributed by atoms with van der Waals surface area (Å²) in [5.74, 6) is -0.255. The minimum absolute atomic E-state index is 0. The van der Waals surface area contributed by atoms with Crippen LogP contribution in [0.1, 0.15) is 34.0 Å². The molecule has 1 aliphatic carbocycles. The van der Waals surface area contributed by atoms with Crippen LogP contribution < -0.4 is 0 Å². The fraction of sp³-hybridized carbons (Fsp3) is 0.316. The summed E-state index contributed by atoms with van der Waals surface area (Å²) in [4.78, 5) is 14.6. The fourth-order valence-electron chi connectivity index (χ4n) is 3.13. The first kappa shape index (κ1) is 17.5. The van der Waals surface area contributed by atoms with E-state index in [1.807, 2.05) is 44.4 Å². The highest BCUT2D eigenvalue weighted by Crippen LogP contribution is 2.35. The molecule has 0 aliphatic heterocycles. The molecule has 0 heterocycles. The maximum atomic E-state index is 12.5. The molecule has 0 aromatic heterocycles. The van der Waals surface area contributed by atoms with Crippen LogP contribution in [-0.2, 0) is 11.2 Å². The van der Waals surface area contributed by atoms with E-state index in [-0.39, 0.29) is 30.5 Å². The van der Waals surface area contributed by atoms with Crippen LogP contribution in [0.15, 0.2) is 54.6 Å². The number of carbonyl (C=O) groups excluding carboxylic acids is 1. The molecule has 23 heavy (non-hydrogen) atoms. The SMILES string of the molecule is CN(C)[C@@H]1CCc2ccccc2[C@@H]1OC(=O)c1ccccc1.Cl. The molecule has 0 radical (unpaired) electrons. The number of fused-ring (bicyclic) bond motifs is 1. The van der Waals surface area contributed by atoms with Crippen molar-refractivity contribution in [3.8, 4) is 0 Å². The summed E-state index contributed by atoms with van der Waals surface area (Å²) < 4.78 is 5.90. The fourth-order valence-corrected chi connectivity index (χ4v) is 3.13. The van der Waals surface area contributed by atoms with Gasteiger partial charge in [-0.3, -0.25) is 0 Å². The summed E-state index contributed by atoms with van der Waals surface area (Å²) in [5, 5.41) is 0. The van der Waals surface area contributed by atoms with Crippen molar-refractivity contribution in [2.24, 2.45) is 0 Å².